The SMILES string of the molecule is C1=CC2Sc3cc(-c4nc(-c5ccccc5)nc(-c5ccccc5)n4)ccc3C2C(C2=CC(c3nc(-c4ccccc4)c4sc5ccccc5c4n3)=CCC2)=C1. The lowest BCUT2D eigenvalue weighted by Crippen LogP contribution is -2.15. The molecule has 3 aromatic heterocycles. The van der Waals surface area contributed by atoms with E-state index < -0.39 is 0 Å². The predicted molar refractivity (Wildman–Crippen MR) is 231 cm³/mol. The maximum Gasteiger partial charge on any atom is 0.164 e. The maximum absolute atomic E-state index is 5.29. The Morgan fingerprint density at radius 2 is 1.25 bits per heavy atom. The highest BCUT2D eigenvalue weighted by Gasteiger charge is 2.37. The zero-order chi connectivity index (χ0) is 37.0. The van der Waals surface area contributed by atoms with E-state index >= 15 is 0 Å². The lowest BCUT2D eigenvalue weighted by Gasteiger charge is -2.27. The molecule has 0 radical (unpaired) electrons. The highest BCUT2D eigenvalue weighted by molar-refractivity contribution is 8.00. The summed E-state index contributed by atoms with van der Waals surface area (Å²) < 4.78 is 2.36. The van der Waals surface area contributed by atoms with E-state index in [0.29, 0.717) is 22.7 Å². The molecule has 56 heavy (non-hydrogen) atoms. The minimum atomic E-state index is 0.252. The Labute approximate surface area is 333 Å². The summed E-state index contributed by atoms with van der Waals surface area (Å²) >= 11 is 3.71. The molecule has 2 atom stereocenters. The lowest BCUT2D eigenvalue weighted by molar-refractivity contribution is 0.803. The number of rotatable bonds is 6. The Hall–Kier alpha value is -6.28. The molecule has 3 aliphatic rings. The van der Waals surface area contributed by atoms with Crippen LogP contribution >= 0.6 is 23.1 Å². The van der Waals surface area contributed by atoms with E-state index in [1.54, 1.807) is 11.3 Å². The summed E-state index contributed by atoms with van der Waals surface area (Å²) in [6, 6.07) is 46.2. The van der Waals surface area contributed by atoms with Gasteiger partial charge >= 0.3 is 0 Å². The first-order chi connectivity index (χ1) is 27.7. The number of fused-ring (bicyclic) bond motifs is 6. The fourth-order valence-corrected chi connectivity index (χ4v) is 10.7. The van der Waals surface area contributed by atoms with Crippen LogP contribution in [-0.4, -0.2) is 30.2 Å². The Morgan fingerprint density at radius 1 is 0.589 bits per heavy atom. The third-order valence-electron chi connectivity index (χ3n) is 10.8. The van der Waals surface area contributed by atoms with E-state index in [9.17, 15) is 0 Å². The molecule has 11 rings (SSSR count). The smallest absolute Gasteiger partial charge is 0.164 e. The molecule has 2 unspecified atom stereocenters. The minimum Gasteiger partial charge on any atom is -0.226 e. The molecule has 0 bridgehead atoms. The summed E-state index contributed by atoms with van der Waals surface area (Å²) in [7, 11) is 0. The molecule has 7 heteroatoms. The summed E-state index contributed by atoms with van der Waals surface area (Å²) in [5, 5.41) is 1.49. The van der Waals surface area contributed by atoms with Crippen LogP contribution in [0.2, 0.25) is 0 Å². The van der Waals surface area contributed by atoms with Gasteiger partial charge < -0.3 is 0 Å². The number of aromatic nitrogens is 5. The molecule has 0 saturated heterocycles. The van der Waals surface area contributed by atoms with Gasteiger partial charge in [0.1, 0.15) is 0 Å². The standard InChI is InChI=1S/C49H33N5S2/c1-4-14-30(15-5-1)43-45-44(38-22-10-11-24-39(38)56-45)51-48(50-43)34-21-12-20-33(28-34)36-23-13-25-40-42(36)37-27-26-35(29-41(37)55-40)49-53-46(31-16-6-2-7-17-31)52-47(54-49)32-18-8-3-9-19-32/h1-11,13-19,21-29,40,42H,12,20H2. The Balaban J connectivity index is 0.961. The molecule has 5 nitrogen and oxygen atoms in total. The third kappa shape index (κ3) is 5.83. The number of thioether (sulfide) groups is 1. The van der Waals surface area contributed by atoms with Gasteiger partial charge in [-0.05, 0) is 47.8 Å². The van der Waals surface area contributed by atoms with Crippen molar-refractivity contribution in [1.82, 2.24) is 24.9 Å². The van der Waals surface area contributed by atoms with Crippen LogP contribution in [0.5, 0.6) is 0 Å². The number of allylic oxidation sites excluding steroid dienone is 7. The third-order valence-corrected chi connectivity index (χ3v) is 13.3. The van der Waals surface area contributed by atoms with Crippen molar-refractivity contribution in [2.45, 2.75) is 28.9 Å². The molecule has 0 amide bonds. The topological polar surface area (TPSA) is 64.5 Å². The molecule has 5 aromatic carbocycles. The van der Waals surface area contributed by atoms with Crippen LogP contribution in [0, 0.1) is 0 Å². The van der Waals surface area contributed by atoms with Gasteiger partial charge in [0.2, 0.25) is 0 Å². The molecule has 4 heterocycles. The Bertz CT molecular complexity index is 2890. The summed E-state index contributed by atoms with van der Waals surface area (Å²) in [6.07, 6.45) is 13.5. The van der Waals surface area contributed by atoms with Gasteiger partial charge in [-0.2, -0.15) is 0 Å². The fraction of sp³-hybridized carbons (Fsp3) is 0.0816. The van der Waals surface area contributed by atoms with Gasteiger partial charge in [0.15, 0.2) is 23.3 Å². The van der Waals surface area contributed by atoms with E-state index in [1.807, 2.05) is 48.2 Å². The van der Waals surface area contributed by atoms with E-state index in [1.165, 1.54) is 31.7 Å². The summed E-state index contributed by atoms with van der Waals surface area (Å²) in [5.41, 5.74) is 11.2. The Morgan fingerprint density at radius 3 is 1.98 bits per heavy atom. The van der Waals surface area contributed by atoms with Crippen LogP contribution in [0.25, 0.3) is 71.3 Å². The average Bonchev–Trinajstić information content (AvgIpc) is 3.85. The Kier molecular flexibility index (Phi) is 8.14. The van der Waals surface area contributed by atoms with Crippen LogP contribution in [0.15, 0.2) is 180 Å². The zero-order valence-electron chi connectivity index (χ0n) is 30.2. The summed E-state index contributed by atoms with van der Waals surface area (Å²) in [6.45, 7) is 0. The molecule has 2 aliphatic carbocycles. The number of benzene rings is 5. The second-order valence-corrected chi connectivity index (χ2v) is 16.5. The molecule has 0 saturated carbocycles. The number of thiophene rings is 1. The molecule has 8 aromatic rings. The second-order valence-electron chi connectivity index (χ2n) is 14.3. The first-order valence-corrected chi connectivity index (χ1v) is 20.7. The minimum absolute atomic E-state index is 0.252. The second kappa shape index (κ2) is 13.8. The first kappa shape index (κ1) is 33.1. The van der Waals surface area contributed by atoms with Crippen LogP contribution in [0.4, 0.5) is 0 Å². The molecular formula is C49H33N5S2. The first-order valence-electron chi connectivity index (χ1n) is 19.0. The van der Waals surface area contributed by atoms with Gasteiger partial charge in [-0.3, -0.25) is 0 Å². The largest absolute Gasteiger partial charge is 0.226 e. The average molecular weight is 756 g/mol. The molecule has 0 spiro atoms. The van der Waals surface area contributed by atoms with Crippen molar-refractivity contribution in [3.8, 4) is 45.4 Å². The van der Waals surface area contributed by atoms with Gasteiger partial charge in [0, 0.05) is 54.0 Å². The predicted octanol–water partition coefficient (Wildman–Crippen LogP) is 12.6. The molecular weight excluding hydrogens is 723 g/mol. The number of hydrogen-bond acceptors (Lipinski definition) is 7. The number of hydrogen-bond donors (Lipinski definition) is 0. The molecule has 0 N–H and O–H groups in total. The van der Waals surface area contributed by atoms with Crippen molar-refractivity contribution in [2.24, 2.45) is 0 Å². The lowest BCUT2D eigenvalue weighted by atomic mass is 9.78. The van der Waals surface area contributed by atoms with E-state index in [4.69, 9.17) is 24.9 Å². The highest BCUT2D eigenvalue weighted by atomic mass is 32.2. The van der Waals surface area contributed by atoms with Crippen LogP contribution < -0.4 is 0 Å². The van der Waals surface area contributed by atoms with E-state index in [2.05, 4.69) is 127 Å². The van der Waals surface area contributed by atoms with Crippen molar-refractivity contribution < 1.29 is 0 Å². The van der Waals surface area contributed by atoms with Gasteiger partial charge in [0.05, 0.1) is 15.9 Å². The van der Waals surface area contributed by atoms with Crippen molar-refractivity contribution in [2.75, 3.05) is 0 Å². The molecule has 1 aliphatic heterocycles. The van der Waals surface area contributed by atoms with Crippen LogP contribution in [0.3, 0.4) is 0 Å². The van der Waals surface area contributed by atoms with E-state index in [-0.39, 0.29) is 5.92 Å². The molecule has 266 valence electrons. The van der Waals surface area contributed by atoms with Crippen molar-refractivity contribution >= 4 is 49.0 Å². The zero-order valence-corrected chi connectivity index (χ0v) is 31.8. The van der Waals surface area contributed by atoms with E-state index in [0.717, 1.165) is 62.4 Å². The van der Waals surface area contributed by atoms with Gasteiger partial charge in [-0.25, -0.2) is 24.9 Å². The normalized spacial score (nSPS) is 17.3. The van der Waals surface area contributed by atoms with Crippen LogP contribution in [-0.2, 0) is 0 Å². The van der Waals surface area contributed by atoms with Gasteiger partial charge in [0.25, 0.3) is 0 Å². The van der Waals surface area contributed by atoms with Gasteiger partial charge in [-0.15, -0.1) is 23.1 Å². The highest BCUT2D eigenvalue weighted by Crippen LogP contribution is 2.54. The monoisotopic (exact) mass is 755 g/mol. The quantitative estimate of drug-likeness (QED) is 0.168. The fourth-order valence-electron chi connectivity index (χ4n) is 8.13. The van der Waals surface area contributed by atoms with Crippen molar-refractivity contribution in [1.29, 1.82) is 0 Å². The summed E-state index contributed by atoms with van der Waals surface area (Å²) in [5.74, 6) is 3.06. The molecule has 0 fully saturated rings. The maximum atomic E-state index is 5.29. The van der Waals surface area contributed by atoms with Crippen LogP contribution in [0.1, 0.15) is 30.1 Å². The van der Waals surface area contributed by atoms with Crippen molar-refractivity contribution in [3.63, 3.8) is 0 Å². The van der Waals surface area contributed by atoms with Gasteiger partial charge in [-0.1, -0.05) is 146 Å². The summed E-state index contributed by atoms with van der Waals surface area (Å²) in [4.78, 5) is 26.8. The van der Waals surface area contributed by atoms with Crippen molar-refractivity contribution in [3.05, 3.63) is 186 Å². The number of nitrogens with zero attached hydrogens (tertiary/aromatic N) is 5.